The van der Waals surface area contributed by atoms with Crippen LogP contribution in [0.25, 0.3) is 0 Å². The maximum Gasteiger partial charge on any atom is 0.253 e. The predicted molar refractivity (Wildman–Crippen MR) is 120 cm³/mol. The average Bonchev–Trinajstić information content (AvgIpc) is 3.47. The van der Waals surface area contributed by atoms with Crippen molar-refractivity contribution in [1.82, 2.24) is 9.80 Å². The molecule has 0 radical (unpaired) electrons. The maximum atomic E-state index is 12.0. The molecule has 0 saturated carbocycles. The molecule has 3 amide bonds. The third kappa shape index (κ3) is 2.99. The lowest BCUT2D eigenvalue weighted by molar-refractivity contribution is -0.139. The number of amides is 3. The molecular formula is C20H16N2O4S4. The number of aliphatic hydroxyl groups excluding tert-OH is 1. The number of hydrogen-bond donors (Lipinski definition) is 1. The van der Waals surface area contributed by atoms with E-state index >= 15 is 0 Å². The molecule has 0 bridgehead atoms. The number of carbonyl (C=O) groups is 3. The highest BCUT2D eigenvalue weighted by atomic mass is 32.2. The molecule has 6 aliphatic rings. The lowest BCUT2D eigenvalue weighted by Crippen LogP contribution is -2.41. The van der Waals surface area contributed by atoms with Gasteiger partial charge >= 0.3 is 0 Å². The summed E-state index contributed by atoms with van der Waals surface area (Å²) in [6.45, 7) is 0. The summed E-state index contributed by atoms with van der Waals surface area (Å²) in [6, 6.07) is -0.0154. The summed E-state index contributed by atoms with van der Waals surface area (Å²) in [5.41, 5.74) is 0. The molecule has 4 heterocycles. The zero-order valence-electron chi connectivity index (χ0n) is 15.6. The number of hydrogen-bond acceptors (Lipinski definition) is 8. The second-order valence-corrected chi connectivity index (χ2v) is 12.6. The lowest BCUT2D eigenvalue weighted by Gasteiger charge is -2.28. The van der Waals surface area contributed by atoms with E-state index in [1.807, 2.05) is 0 Å². The van der Waals surface area contributed by atoms with E-state index in [1.54, 1.807) is 58.0 Å². The Morgan fingerprint density at radius 2 is 1.17 bits per heavy atom. The minimum Gasteiger partial charge on any atom is -0.370 e. The summed E-state index contributed by atoms with van der Waals surface area (Å²) in [5.74, 6) is -0.508. The number of rotatable bonds is 2. The normalized spacial score (nSPS) is 29.2. The van der Waals surface area contributed by atoms with Gasteiger partial charge in [0.05, 0.1) is 8.47 Å². The number of carbonyl (C=O) groups excluding carboxylic acids is 3. The van der Waals surface area contributed by atoms with Crippen LogP contribution < -0.4 is 0 Å². The molecule has 4 aliphatic heterocycles. The summed E-state index contributed by atoms with van der Waals surface area (Å²) in [4.78, 5) is 44.1. The van der Waals surface area contributed by atoms with Crippen LogP contribution in [0, 0.1) is 0 Å². The van der Waals surface area contributed by atoms with Gasteiger partial charge in [-0.15, -0.1) is 0 Å². The predicted octanol–water partition coefficient (Wildman–Crippen LogP) is 3.46. The third-order valence-electron chi connectivity index (χ3n) is 5.89. The molecule has 0 aromatic heterocycles. The smallest absolute Gasteiger partial charge is 0.253 e. The van der Waals surface area contributed by atoms with Gasteiger partial charge in [0.15, 0.2) is 0 Å². The Bertz CT molecular complexity index is 1010. The zero-order valence-corrected chi connectivity index (χ0v) is 18.8. The number of aliphatic hydroxyl groups is 1. The van der Waals surface area contributed by atoms with Gasteiger partial charge in [0.2, 0.25) is 5.91 Å². The Balaban J connectivity index is 1.09. The summed E-state index contributed by atoms with van der Waals surface area (Å²) < 4.78 is 2.58. The highest BCUT2D eigenvalue weighted by molar-refractivity contribution is 8.34. The van der Waals surface area contributed by atoms with Crippen molar-refractivity contribution in [2.24, 2.45) is 0 Å². The van der Waals surface area contributed by atoms with Crippen LogP contribution in [-0.4, -0.2) is 50.9 Å². The molecule has 0 saturated heterocycles. The van der Waals surface area contributed by atoms with Crippen molar-refractivity contribution in [2.45, 2.75) is 44.0 Å². The van der Waals surface area contributed by atoms with E-state index < -0.39 is 6.23 Å². The fraction of sp³-hybridized carbons (Fsp3) is 0.350. The summed E-state index contributed by atoms with van der Waals surface area (Å²) in [7, 11) is 0. The fourth-order valence-electron chi connectivity index (χ4n) is 4.53. The molecular weight excluding hydrogens is 460 g/mol. The standard InChI is InChI=1S/C20H16N2O4S4/c23-15-1-2-16(24)21(15)9-5-11-12(6-9)28-19(27-11)20-29-13-7-10(8-14(13)30-20)22-17(25)3-4-18(22)26/h1-4,9-10,15,23H,5-8H2. The molecule has 154 valence electrons. The molecule has 6 rings (SSSR count). The topological polar surface area (TPSA) is 77.9 Å². The van der Waals surface area contributed by atoms with Gasteiger partial charge in [-0.1, -0.05) is 47.0 Å². The Kier molecular flexibility index (Phi) is 4.58. The van der Waals surface area contributed by atoms with Crippen LogP contribution in [0.1, 0.15) is 25.7 Å². The van der Waals surface area contributed by atoms with E-state index in [9.17, 15) is 19.5 Å². The van der Waals surface area contributed by atoms with E-state index in [4.69, 9.17) is 0 Å². The van der Waals surface area contributed by atoms with Gasteiger partial charge in [0, 0.05) is 75.6 Å². The Hall–Kier alpha value is -1.33. The minimum atomic E-state index is -0.805. The molecule has 0 fully saturated rings. The van der Waals surface area contributed by atoms with Crippen LogP contribution in [0.15, 0.2) is 52.4 Å². The number of nitrogens with zero attached hydrogens (tertiary/aromatic N) is 2. The number of thioether (sulfide) groups is 4. The van der Waals surface area contributed by atoms with Gasteiger partial charge < -0.3 is 10.0 Å². The summed E-state index contributed by atoms with van der Waals surface area (Å²) in [6.07, 6.45) is 7.99. The van der Waals surface area contributed by atoms with Crippen molar-refractivity contribution in [1.29, 1.82) is 0 Å². The monoisotopic (exact) mass is 476 g/mol. The Morgan fingerprint density at radius 3 is 1.60 bits per heavy atom. The van der Waals surface area contributed by atoms with Gasteiger partial charge in [0.25, 0.3) is 11.8 Å². The van der Waals surface area contributed by atoms with E-state index in [1.165, 1.54) is 51.2 Å². The quantitative estimate of drug-likeness (QED) is 0.607. The largest absolute Gasteiger partial charge is 0.370 e. The molecule has 6 nitrogen and oxygen atoms in total. The Morgan fingerprint density at radius 1 is 0.700 bits per heavy atom. The SMILES string of the molecule is O=C1C=CC(=O)N1C1CC2=C(C1)SC(=C1SC3=C(CC(N4C(=O)C=CC4O)C3)S1)S2. The van der Waals surface area contributed by atoms with E-state index in [2.05, 4.69) is 0 Å². The van der Waals surface area contributed by atoms with Crippen LogP contribution in [0.5, 0.6) is 0 Å². The maximum absolute atomic E-state index is 12.0. The van der Waals surface area contributed by atoms with Crippen molar-refractivity contribution in [3.05, 3.63) is 52.4 Å². The highest BCUT2D eigenvalue weighted by Gasteiger charge is 2.43. The molecule has 1 unspecified atom stereocenters. The second-order valence-electron chi connectivity index (χ2n) is 7.70. The van der Waals surface area contributed by atoms with Gasteiger partial charge in [-0.25, -0.2) is 0 Å². The molecule has 10 heteroatoms. The summed E-state index contributed by atoms with van der Waals surface area (Å²) in [5, 5.41) is 10.0. The molecule has 30 heavy (non-hydrogen) atoms. The molecule has 1 atom stereocenters. The molecule has 2 aliphatic carbocycles. The average molecular weight is 477 g/mol. The van der Waals surface area contributed by atoms with Crippen molar-refractivity contribution in [2.75, 3.05) is 0 Å². The van der Waals surface area contributed by atoms with Crippen LogP contribution in [0.2, 0.25) is 0 Å². The van der Waals surface area contributed by atoms with Gasteiger partial charge in [-0.3, -0.25) is 19.3 Å². The molecule has 1 N–H and O–H groups in total. The van der Waals surface area contributed by atoms with Crippen molar-refractivity contribution in [3.8, 4) is 0 Å². The first kappa shape index (κ1) is 19.4. The van der Waals surface area contributed by atoms with Gasteiger partial charge in [-0.05, 0) is 6.08 Å². The van der Waals surface area contributed by atoms with E-state index in [-0.39, 0.29) is 29.8 Å². The van der Waals surface area contributed by atoms with Gasteiger partial charge in [0.1, 0.15) is 6.23 Å². The molecule has 0 aromatic carbocycles. The van der Waals surface area contributed by atoms with Crippen LogP contribution in [0.3, 0.4) is 0 Å². The Labute approximate surface area is 189 Å². The van der Waals surface area contributed by atoms with Crippen molar-refractivity contribution < 1.29 is 19.5 Å². The second kappa shape index (κ2) is 7.09. The highest BCUT2D eigenvalue weighted by Crippen LogP contribution is 2.65. The summed E-state index contributed by atoms with van der Waals surface area (Å²) >= 11 is 7.15. The first-order valence-corrected chi connectivity index (χ1v) is 12.9. The first-order valence-electron chi connectivity index (χ1n) is 9.61. The fourth-order valence-corrected chi connectivity index (χ4v) is 10.7. The van der Waals surface area contributed by atoms with E-state index in [0.717, 1.165) is 25.7 Å². The van der Waals surface area contributed by atoms with Crippen molar-refractivity contribution >= 4 is 64.8 Å². The van der Waals surface area contributed by atoms with Crippen LogP contribution in [0.4, 0.5) is 0 Å². The molecule has 0 spiro atoms. The number of imide groups is 1. The first-order chi connectivity index (χ1) is 14.5. The van der Waals surface area contributed by atoms with Crippen LogP contribution in [-0.2, 0) is 14.4 Å². The molecule has 0 aromatic rings. The van der Waals surface area contributed by atoms with Gasteiger partial charge in [-0.2, -0.15) is 0 Å². The van der Waals surface area contributed by atoms with E-state index in [0.29, 0.717) is 0 Å². The third-order valence-corrected chi connectivity index (χ3v) is 11.9. The van der Waals surface area contributed by atoms with Crippen LogP contribution >= 0.6 is 47.0 Å². The van der Waals surface area contributed by atoms with Crippen molar-refractivity contribution in [3.63, 3.8) is 0 Å². The minimum absolute atomic E-state index is 0.0379. The lowest BCUT2D eigenvalue weighted by atomic mass is 10.2. The zero-order chi connectivity index (χ0) is 20.6.